The number of nitrogens with zero attached hydrogens (tertiary/aromatic N) is 2. The van der Waals surface area contributed by atoms with E-state index < -0.39 is 16.2 Å². The first kappa shape index (κ1) is 13.0. The zero-order chi connectivity index (χ0) is 13.3. The molecule has 1 saturated heterocycles. The van der Waals surface area contributed by atoms with Crippen molar-refractivity contribution in [2.75, 3.05) is 6.54 Å². The number of nitrogens with two attached hydrogens (primary N) is 1. The lowest BCUT2D eigenvalue weighted by molar-refractivity contribution is 0.395. The van der Waals surface area contributed by atoms with Crippen LogP contribution in [0.3, 0.4) is 0 Å². The minimum absolute atomic E-state index is 0.180. The molecular weight excluding hydrogens is 250 g/mol. The molecule has 0 radical (unpaired) electrons. The third-order valence-electron chi connectivity index (χ3n) is 3.15. The van der Waals surface area contributed by atoms with Crippen molar-refractivity contribution in [1.82, 2.24) is 4.31 Å². The second-order valence-corrected chi connectivity index (χ2v) is 6.28. The molecule has 2 rings (SSSR count). The van der Waals surface area contributed by atoms with Gasteiger partial charge in [-0.25, -0.2) is 8.42 Å². The summed E-state index contributed by atoms with van der Waals surface area (Å²) in [6.07, 6.45) is 0.994. The summed E-state index contributed by atoms with van der Waals surface area (Å²) in [4.78, 5) is 0.180. The number of hydrogen-bond acceptors (Lipinski definition) is 4. The van der Waals surface area contributed by atoms with Gasteiger partial charge in [-0.3, -0.25) is 0 Å². The first-order valence-corrected chi connectivity index (χ1v) is 7.19. The molecule has 1 aliphatic heterocycles. The summed E-state index contributed by atoms with van der Waals surface area (Å²) in [6, 6.07) is 6.62. The average molecular weight is 265 g/mol. The summed E-state index contributed by atoms with van der Waals surface area (Å²) in [7, 11) is -3.59. The highest BCUT2D eigenvalue weighted by atomic mass is 32.2. The molecule has 0 amide bonds. The smallest absolute Gasteiger partial charge is 0.244 e. The molecule has 1 fully saturated rings. The van der Waals surface area contributed by atoms with E-state index >= 15 is 0 Å². The van der Waals surface area contributed by atoms with E-state index in [1.54, 1.807) is 19.1 Å². The maximum absolute atomic E-state index is 12.5. The summed E-state index contributed by atoms with van der Waals surface area (Å²) in [6.45, 7) is 2.16. The van der Waals surface area contributed by atoms with Crippen LogP contribution in [0.1, 0.15) is 24.0 Å². The molecule has 0 bridgehead atoms. The van der Waals surface area contributed by atoms with Gasteiger partial charge >= 0.3 is 0 Å². The summed E-state index contributed by atoms with van der Waals surface area (Å²) in [5.41, 5.74) is 6.78. The quantitative estimate of drug-likeness (QED) is 0.862. The fourth-order valence-electron chi connectivity index (χ4n) is 2.14. The zero-order valence-electron chi connectivity index (χ0n) is 10.1. The van der Waals surface area contributed by atoms with Gasteiger partial charge in [0, 0.05) is 6.54 Å². The van der Waals surface area contributed by atoms with Crippen LogP contribution in [0.15, 0.2) is 23.1 Å². The molecule has 18 heavy (non-hydrogen) atoms. The maximum atomic E-state index is 12.5. The number of hydrogen-bond donors (Lipinski definition) is 1. The molecule has 1 atom stereocenters. The molecule has 0 saturated carbocycles. The number of sulfonamides is 1. The predicted octanol–water partition coefficient (Wildman–Crippen LogP) is 0.936. The summed E-state index contributed by atoms with van der Waals surface area (Å²) >= 11 is 0. The summed E-state index contributed by atoms with van der Waals surface area (Å²) in [5, 5.41) is 8.85. The van der Waals surface area contributed by atoms with Gasteiger partial charge in [0.2, 0.25) is 10.0 Å². The van der Waals surface area contributed by atoms with E-state index in [2.05, 4.69) is 0 Å². The Labute approximate surface area is 107 Å². The SMILES string of the molecule is Cc1ccc(C#N)cc1S(=O)(=O)N1CCCC1N. The van der Waals surface area contributed by atoms with E-state index in [4.69, 9.17) is 11.0 Å². The van der Waals surface area contributed by atoms with Crippen molar-refractivity contribution in [3.8, 4) is 6.07 Å². The van der Waals surface area contributed by atoms with Crippen LogP contribution in [0, 0.1) is 18.3 Å². The second-order valence-electron chi connectivity index (χ2n) is 4.42. The molecule has 1 aliphatic rings. The maximum Gasteiger partial charge on any atom is 0.244 e. The fourth-order valence-corrected chi connectivity index (χ4v) is 3.97. The Kier molecular flexibility index (Phi) is 3.39. The van der Waals surface area contributed by atoms with E-state index in [9.17, 15) is 8.42 Å². The number of benzene rings is 1. The number of rotatable bonds is 2. The Morgan fingerprint density at radius 2 is 2.22 bits per heavy atom. The van der Waals surface area contributed by atoms with Crippen LogP contribution in [-0.4, -0.2) is 25.4 Å². The molecule has 6 heteroatoms. The molecule has 5 nitrogen and oxygen atoms in total. The van der Waals surface area contributed by atoms with Crippen molar-refractivity contribution in [1.29, 1.82) is 5.26 Å². The molecule has 0 aliphatic carbocycles. The Morgan fingerprint density at radius 1 is 1.50 bits per heavy atom. The third kappa shape index (κ3) is 2.12. The first-order valence-electron chi connectivity index (χ1n) is 5.75. The van der Waals surface area contributed by atoms with Gasteiger partial charge < -0.3 is 5.73 Å². The van der Waals surface area contributed by atoms with Crippen molar-refractivity contribution in [2.24, 2.45) is 5.73 Å². The van der Waals surface area contributed by atoms with Crippen molar-refractivity contribution < 1.29 is 8.42 Å². The van der Waals surface area contributed by atoms with Crippen LogP contribution in [-0.2, 0) is 10.0 Å². The number of nitriles is 1. The van der Waals surface area contributed by atoms with Gasteiger partial charge in [0.15, 0.2) is 0 Å². The summed E-state index contributed by atoms with van der Waals surface area (Å²) in [5.74, 6) is 0. The van der Waals surface area contributed by atoms with Gasteiger partial charge in [0.05, 0.1) is 22.7 Å². The molecule has 0 spiro atoms. The first-order chi connectivity index (χ1) is 8.46. The lowest BCUT2D eigenvalue weighted by Crippen LogP contribution is -2.41. The van der Waals surface area contributed by atoms with Crippen molar-refractivity contribution in [3.63, 3.8) is 0 Å². The predicted molar refractivity (Wildman–Crippen MR) is 67.0 cm³/mol. The van der Waals surface area contributed by atoms with Crippen LogP contribution in [0.2, 0.25) is 0 Å². The molecule has 1 aromatic rings. The topological polar surface area (TPSA) is 87.2 Å². The Morgan fingerprint density at radius 3 is 2.78 bits per heavy atom. The van der Waals surface area contributed by atoms with E-state index in [1.807, 2.05) is 6.07 Å². The highest BCUT2D eigenvalue weighted by Crippen LogP contribution is 2.26. The third-order valence-corrected chi connectivity index (χ3v) is 5.22. The van der Waals surface area contributed by atoms with Gasteiger partial charge in [-0.1, -0.05) is 6.07 Å². The Bertz CT molecular complexity index is 604. The van der Waals surface area contributed by atoms with Gasteiger partial charge in [-0.2, -0.15) is 9.57 Å². The normalized spacial score (nSPS) is 20.8. The second kappa shape index (κ2) is 4.69. The van der Waals surface area contributed by atoms with E-state index in [0.717, 1.165) is 6.42 Å². The van der Waals surface area contributed by atoms with Gasteiger partial charge in [0.1, 0.15) is 0 Å². The van der Waals surface area contributed by atoms with Crippen LogP contribution in [0.4, 0.5) is 0 Å². The van der Waals surface area contributed by atoms with Crippen molar-refractivity contribution in [2.45, 2.75) is 30.8 Å². The number of aryl methyl sites for hydroxylation is 1. The minimum Gasteiger partial charge on any atom is -0.315 e. The Hall–Kier alpha value is -1.42. The Balaban J connectivity index is 2.51. The fraction of sp³-hybridized carbons (Fsp3) is 0.417. The molecule has 1 heterocycles. The van der Waals surface area contributed by atoms with Crippen molar-refractivity contribution in [3.05, 3.63) is 29.3 Å². The monoisotopic (exact) mass is 265 g/mol. The molecule has 2 N–H and O–H groups in total. The van der Waals surface area contributed by atoms with Gasteiger partial charge in [-0.05, 0) is 37.5 Å². The zero-order valence-corrected chi connectivity index (χ0v) is 10.9. The van der Waals surface area contributed by atoms with Gasteiger partial charge in [0.25, 0.3) is 0 Å². The molecule has 1 aromatic carbocycles. The summed E-state index contributed by atoms with van der Waals surface area (Å²) < 4.78 is 26.3. The standard InChI is InChI=1S/C12H15N3O2S/c1-9-4-5-10(8-13)7-11(9)18(16,17)15-6-2-3-12(15)14/h4-5,7,12H,2-3,6,14H2,1H3. The van der Waals surface area contributed by atoms with E-state index in [-0.39, 0.29) is 4.90 Å². The highest BCUT2D eigenvalue weighted by molar-refractivity contribution is 7.89. The van der Waals surface area contributed by atoms with Crippen LogP contribution in [0.5, 0.6) is 0 Å². The molecule has 0 aromatic heterocycles. The van der Waals surface area contributed by atoms with E-state index in [0.29, 0.717) is 24.1 Å². The van der Waals surface area contributed by atoms with Crippen LogP contribution < -0.4 is 5.73 Å². The average Bonchev–Trinajstić information content (AvgIpc) is 2.76. The van der Waals surface area contributed by atoms with Crippen LogP contribution in [0.25, 0.3) is 0 Å². The molecule has 96 valence electrons. The molecular formula is C12H15N3O2S. The van der Waals surface area contributed by atoms with E-state index in [1.165, 1.54) is 10.4 Å². The highest BCUT2D eigenvalue weighted by Gasteiger charge is 2.34. The lowest BCUT2D eigenvalue weighted by Gasteiger charge is -2.21. The minimum atomic E-state index is -3.59. The van der Waals surface area contributed by atoms with Crippen LogP contribution >= 0.6 is 0 Å². The lowest BCUT2D eigenvalue weighted by atomic mass is 10.2. The van der Waals surface area contributed by atoms with Gasteiger partial charge in [-0.15, -0.1) is 0 Å². The van der Waals surface area contributed by atoms with Crippen molar-refractivity contribution >= 4 is 10.0 Å². The largest absolute Gasteiger partial charge is 0.315 e. The molecule has 1 unspecified atom stereocenters.